The Bertz CT molecular complexity index is 3280. The van der Waals surface area contributed by atoms with E-state index < -0.39 is 26.9 Å². The summed E-state index contributed by atoms with van der Waals surface area (Å²) in [7, 11) is 18.5. The molecule has 2 unspecified atom stereocenters. The van der Waals surface area contributed by atoms with Gasteiger partial charge in [-0.05, 0) is 0 Å². The van der Waals surface area contributed by atoms with Crippen LogP contribution in [0.2, 0.25) is 13.1 Å². The first-order valence-electron chi connectivity index (χ1n) is 23.4. The summed E-state index contributed by atoms with van der Waals surface area (Å²) >= 11 is -5.36. The van der Waals surface area contributed by atoms with Crippen LogP contribution in [-0.4, -0.2) is 5.92 Å². The number of rotatable bonds is 10. The second-order valence-corrected chi connectivity index (χ2v) is 61.7. The summed E-state index contributed by atoms with van der Waals surface area (Å²) in [5.74, 6) is -1.93. The molecular weight excluding hydrogens is 935 g/mol. The molecule has 9 aromatic carbocycles. The number of halogens is 2. The van der Waals surface area contributed by atoms with E-state index in [2.05, 4.69) is 245 Å². The summed E-state index contributed by atoms with van der Waals surface area (Å²) in [6.45, 7) is 9.58. The molecule has 0 spiro atoms. The van der Waals surface area contributed by atoms with Gasteiger partial charge in [-0.1, -0.05) is 0 Å². The Morgan fingerprint density at radius 3 is 1.44 bits per heavy atom. The van der Waals surface area contributed by atoms with E-state index in [1.165, 1.54) is 99.5 Å². The van der Waals surface area contributed by atoms with Gasteiger partial charge in [0, 0.05) is 0 Å². The summed E-state index contributed by atoms with van der Waals surface area (Å²) in [4.78, 5) is 0. The van der Waals surface area contributed by atoms with Crippen LogP contribution in [0.3, 0.4) is 0 Å². The molecule has 9 aromatic rings. The van der Waals surface area contributed by atoms with Crippen LogP contribution in [0.15, 0.2) is 217 Å². The van der Waals surface area contributed by atoms with Crippen molar-refractivity contribution in [2.45, 2.75) is 46.0 Å². The van der Waals surface area contributed by atoms with Crippen LogP contribution in [0.25, 0.3) is 56.0 Å². The van der Waals surface area contributed by atoms with Gasteiger partial charge >= 0.3 is 402 Å². The zero-order valence-corrected chi connectivity index (χ0v) is 43.1. The topological polar surface area (TPSA) is 0 Å². The fourth-order valence-electron chi connectivity index (χ4n) is 12.3. The van der Waals surface area contributed by atoms with Crippen molar-refractivity contribution >= 4 is 56.6 Å². The summed E-state index contributed by atoms with van der Waals surface area (Å²) in [6.07, 6.45) is 5.75. The third kappa shape index (κ3) is 6.70. The first kappa shape index (κ1) is 43.2. The summed E-state index contributed by atoms with van der Waals surface area (Å²) in [5, 5.41) is 4.98. The quantitative estimate of drug-likeness (QED) is 0.0946. The molecule has 11 rings (SSSR count). The Balaban J connectivity index is 1.20. The number of hydrogen-bond acceptors (Lipinski definition) is 0. The maximum atomic E-state index is 9.27. The van der Waals surface area contributed by atoms with Crippen LogP contribution in [0, 0.1) is 6.92 Å². The molecule has 2 atom stereocenters. The van der Waals surface area contributed by atoms with Gasteiger partial charge in [0.2, 0.25) is 0 Å². The second kappa shape index (κ2) is 16.8. The predicted octanol–water partition coefficient (Wildman–Crippen LogP) is 17.6. The molecule has 0 N–H and O–H groups in total. The molecule has 323 valence electrons. The van der Waals surface area contributed by atoms with Crippen molar-refractivity contribution in [2.24, 2.45) is 0 Å². The molecule has 4 heteroatoms. The number of fused-ring (bicyclic) bond motifs is 4. The Morgan fingerprint density at radius 1 is 0.455 bits per heavy atom. The first-order chi connectivity index (χ1) is 32.1. The van der Waals surface area contributed by atoms with Crippen molar-refractivity contribution in [2.75, 3.05) is 0 Å². The molecule has 0 fully saturated rings. The molecule has 0 heterocycles. The first-order valence-corrected chi connectivity index (χ1v) is 39.8. The van der Waals surface area contributed by atoms with Crippen LogP contribution in [-0.2, 0) is 21.0 Å². The molecule has 0 aromatic heterocycles. The van der Waals surface area contributed by atoms with E-state index in [0.29, 0.717) is 0 Å². The van der Waals surface area contributed by atoms with Gasteiger partial charge in [-0.2, -0.15) is 0 Å². The number of allylic oxidation sites excluding steroid dienone is 2. The molecule has 0 bridgehead atoms. The average Bonchev–Trinajstić information content (AvgIpc) is 3.93. The van der Waals surface area contributed by atoms with Crippen molar-refractivity contribution in [1.82, 2.24) is 0 Å². The SMILES string of the molecule is CC1=Cc2c(-c3cccc4ccccc34)ccc(C)c2[CH]1[Zr]([Cl])([Cl])([CH]1C(CC(c2ccccc2)(c2ccccc2)c2ccccc2)=Cc2c(-c3cccc4ccccc34)cccc21)[SiH](C)C. The Labute approximate surface area is 399 Å². The van der Waals surface area contributed by atoms with E-state index in [0.717, 1.165) is 6.42 Å². The standard InChI is InChI=1S/C39H29.C21H17.C2H7Si.2ClH.Zr/c1-4-17-32(18-5-1)39(33-19-6-2-7-20-33,34-21-8-3-9-22-34)28-29-26-31-16-13-25-37(38(31)27-29)36-24-12-15-30-14-10-11-23-35(30)36;1-14-12-20-15(2)10-11-19(21(20)13-14)18-9-5-7-16-6-3-4-8-17(16)18;1-3-2;;;/h1-27H,28H2;3-13H,1-2H3;3H,1-2H3;2*1H;/q;;;;;+2/p-2. The number of aryl methyl sites for hydroxylation is 1. The predicted molar refractivity (Wildman–Crippen MR) is 285 cm³/mol. The summed E-state index contributed by atoms with van der Waals surface area (Å²) in [6, 6.07) is 76.1. The van der Waals surface area contributed by atoms with Crippen LogP contribution in [0.5, 0.6) is 0 Å². The third-order valence-electron chi connectivity index (χ3n) is 15.4. The molecule has 2 aliphatic rings. The van der Waals surface area contributed by atoms with Crippen molar-refractivity contribution in [3.8, 4) is 22.3 Å². The zero-order valence-electron chi connectivity index (χ0n) is 38.0. The molecule has 66 heavy (non-hydrogen) atoms. The molecule has 0 amide bonds. The minimum absolute atomic E-state index is 0.0634. The average molecular weight is 988 g/mol. The van der Waals surface area contributed by atoms with Gasteiger partial charge < -0.3 is 0 Å². The molecular formula is C62H53Cl2SiZr. The molecule has 0 nitrogen and oxygen atoms in total. The van der Waals surface area contributed by atoms with Gasteiger partial charge in [0.05, 0.1) is 0 Å². The van der Waals surface area contributed by atoms with Crippen LogP contribution >= 0.6 is 17.0 Å². The Hall–Kier alpha value is -5.34. The van der Waals surface area contributed by atoms with Crippen molar-refractivity contribution in [3.05, 3.63) is 262 Å². The summed E-state index contributed by atoms with van der Waals surface area (Å²) < 4.78 is -0.201. The fourth-order valence-corrected chi connectivity index (χ4v) is 44.5. The van der Waals surface area contributed by atoms with Crippen LogP contribution in [0.1, 0.15) is 65.1 Å². The van der Waals surface area contributed by atoms with E-state index in [4.69, 9.17) is 0 Å². The number of benzene rings is 9. The normalized spacial score (nSPS) is 16.4. The molecule has 0 radical (unpaired) electrons. The molecule has 0 saturated carbocycles. The van der Waals surface area contributed by atoms with Gasteiger partial charge in [-0.25, -0.2) is 0 Å². The van der Waals surface area contributed by atoms with Crippen molar-refractivity contribution in [3.63, 3.8) is 0 Å². The van der Waals surface area contributed by atoms with Gasteiger partial charge in [0.25, 0.3) is 0 Å². The van der Waals surface area contributed by atoms with E-state index in [1.807, 2.05) is 0 Å². The van der Waals surface area contributed by atoms with Gasteiger partial charge in [0.15, 0.2) is 0 Å². The maximum absolute atomic E-state index is 9.27. The molecule has 0 saturated heterocycles. The van der Waals surface area contributed by atoms with Crippen molar-refractivity contribution in [1.29, 1.82) is 0 Å². The summed E-state index contributed by atoms with van der Waals surface area (Å²) in [5.41, 5.74) is 17.3. The van der Waals surface area contributed by atoms with Gasteiger partial charge in [-0.3, -0.25) is 0 Å². The van der Waals surface area contributed by atoms with Crippen molar-refractivity contribution < 1.29 is 15.6 Å². The van der Waals surface area contributed by atoms with Gasteiger partial charge in [-0.15, -0.1) is 0 Å². The zero-order chi connectivity index (χ0) is 45.2. The molecule has 2 aliphatic carbocycles. The fraction of sp³-hybridized carbons (Fsp3) is 0.129. The van der Waals surface area contributed by atoms with Gasteiger partial charge in [0.1, 0.15) is 0 Å². The van der Waals surface area contributed by atoms with E-state index in [1.54, 1.807) is 0 Å². The van der Waals surface area contributed by atoms with Crippen LogP contribution < -0.4 is 0 Å². The van der Waals surface area contributed by atoms with E-state index in [-0.39, 0.29) is 7.25 Å². The van der Waals surface area contributed by atoms with E-state index >= 15 is 0 Å². The van der Waals surface area contributed by atoms with Crippen LogP contribution in [0.4, 0.5) is 0 Å². The Kier molecular flexibility index (Phi) is 11.0. The minimum atomic E-state index is -5.36. The Morgan fingerprint density at radius 2 is 0.909 bits per heavy atom. The number of hydrogen-bond donors (Lipinski definition) is 0. The van der Waals surface area contributed by atoms with E-state index in [9.17, 15) is 17.0 Å². The third-order valence-corrected chi connectivity index (χ3v) is 67.4. The monoisotopic (exact) mass is 985 g/mol. The molecule has 0 aliphatic heterocycles. The second-order valence-electron chi connectivity index (χ2n) is 19.2.